The number of unbranched alkanes of at least 4 members (excludes halogenated alkanes) is 1. The van der Waals surface area contributed by atoms with Crippen molar-refractivity contribution in [2.24, 2.45) is 0 Å². The Labute approximate surface area is 83.1 Å². The Balaban J connectivity index is 0.000000310. The van der Waals surface area contributed by atoms with Crippen molar-refractivity contribution in [3.8, 4) is 0 Å². The number of ether oxygens (including phenoxy) is 1. The van der Waals surface area contributed by atoms with Crippen LogP contribution in [0.3, 0.4) is 0 Å². The fourth-order valence-electron chi connectivity index (χ4n) is 1.13. The number of morpholine rings is 1. The first-order chi connectivity index (χ1) is 6.35. The van der Waals surface area contributed by atoms with E-state index in [0.717, 1.165) is 19.7 Å². The molecule has 1 aliphatic rings. The van der Waals surface area contributed by atoms with Crippen LogP contribution in [0, 0.1) is 0 Å². The van der Waals surface area contributed by atoms with E-state index < -0.39 is 0 Å². The maximum Gasteiger partial charge on any atom is 0.0700 e. The van der Waals surface area contributed by atoms with Gasteiger partial charge in [-0.3, -0.25) is 0 Å². The first-order valence-corrected chi connectivity index (χ1v) is 5.67. The molecular formula is C11H25NO. The Morgan fingerprint density at radius 2 is 1.85 bits per heavy atom. The zero-order valence-corrected chi connectivity index (χ0v) is 9.44. The van der Waals surface area contributed by atoms with E-state index in [2.05, 4.69) is 26.1 Å². The van der Waals surface area contributed by atoms with E-state index in [1.165, 1.54) is 25.7 Å². The summed E-state index contributed by atoms with van der Waals surface area (Å²) in [5.41, 5.74) is 0. The monoisotopic (exact) mass is 187 g/mol. The molecule has 1 aliphatic heterocycles. The minimum Gasteiger partial charge on any atom is -0.376 e. The molecule has 0 aromatic carbocycles. The van der Waals surface area contributed by atoms with Crippen LogP contribution in [0.1, 0.15) is 46.5 Å². The molecule has 0 aromatic rings. The van der Waals surface area contributed by atoms with E-state index in [9.17, 15) is 0 Å². The lowest BCUT2D eigenvalue weighted by molar-refractivity contribution is 0.0232. The maximum absolute atomic E-state index is 5.46. The van der Waals surface area contributed by atoms with E-state index >= 15 is 0 Å². The third-order valence-corrected chi connectivity index (χ3v) is 2.12. The lowest BCUT2D eigenvalue weighted by Crippen LogP contribution is -2.38. The summed E-state index contributed by atoms with van der Waals surface area (Å²) in [5, 5.41) is 3.29. The van der Waals surface area contributed by atoms with Gasteiger partial charge in [0.05, 0.1) is 12.7 Å². The number of hydrogen-bond donors (Lipinski definition) is 1. The van der Waals surface area contributed by atoms with Crippen LogP contribution >= 0.6 is 0 Å². The quantitative estimate of drug-likeness (QED) is 0.733. The van der Waals surface area contributed by atoms with Gasteiger partial charge in [0.2, 0.25) is 0 Å². The molecule has 2 heteroatoms. The lowest BCUT2D eigenvalue weighted by Gasteiger charge is -2.22. The van der Waals surface area contributed by atoms with Gasteiger partial charge in [-0.1, -0.05) is 40.0 Å². The molecule has 13 heavy (non-hydrogen) atoms. The standard InChI is InChI=1S/C7H15NO.C4H10/c1-2-3-7-6-8-4-5-9-7;1-3-4-2/h7-8H,2-6H2,1H3;3-4H2,1-2H3. The van der Waals surface area contributed by atoms with Gasteiger partial charge in [0, 0.05) is 13.1 Å². The van der Waals surface area contributed by atoms with Gasteiger partial charge in [0.25, 0.3) is 0 Å². The Hall–Kier alpha value is -0.0800. The number of hydrogen-bond acceptors (Lipinski definition) is 2. The normalized spacial score (nSPS) is 21.9. The minimum atomic E-state index is 0.490. The highest BCUT2D eigenvalue weighted by molar-refractivity contribution is 4.65. The van der Waals surface area contributed by atoms with Crippen LogP contribution in [0.2, 0.25) is 0 Å². The van der Waals surface area contributed by atoms with Gasteiger partial charge in [-0.2, -0.15) is 0 Å². The molecule has 1 saturated heterocycles. The van der Waals surface area contributed by atoms with Crippen molar-refractivity contribution in [3.05, 3.63) is 0 Å². The smallest absolute Gasteiger partial charge is 0.0700 e. The summed E-state index contributed by atoms with van der Waals surface area (Å²) in [4.78, 5) is 0. The molecule has 80 valence electrons. The van der Waals surface area contributed by atoms with Crippen molar-refractivity contribution >= 4 is 0 Å². The van der Waals surface area contributed by atoms with E-state index in [1.54, 1.807) is 0 Å². The van der Waals surface area contributed by atoms with Crippen LogP contribution in [0.15, 0.2) is 0 Å². The Morgan fingerprint density at radius 3 is 2.23 bits per heavy atom. The van der Waals surface area contributed by atoms with Gasteiger partial charge in [0.15, 0.2) is 0 Å². The Kier molecular flexibility index (Phi) is 9.94. The summed E-state index contributed by atoms with van der Waals surface area (Å²) in [5.74, 6) is 0. The molecule has 0 aliphatic carbocycles. The second kappa shape index (κ2) is 10.0. The van der Waals surface area contributed by atoms with Crippen molar-refractivity contribution in [2.75, 3.05) is 19.7 Å². The van der Waals surface area contributed by atoms with Crippen LogP contribution in [0.4, 0.5) is 0 Å². The van der Waals surface area contributed by atoms with E-state index in [-0.39, 0.29) is 0 Å². The van der Waals surface area contributed by atoms with E-state index in [1.807, 2.05) is 0 Å². The second-order valence-corrected chi connectivity index (χ2v) is 3.49. The molecule has 0 amide bonds. The van der Waals surface area contributed by atoms with Gasteiger partial charge >= 0.3 is 0 Å². The van der Waals surface area contributed by atoms with Crippen LogP contribution < -0.4 is 5.32 Å². The van der Waals surface area contributed by atoms with Crippen molar-refractivity contribution in [1.82, 2.24) is 5.32 Å². The van der Waals surface area contributed by atoms with Crippen LogP contribution in [-0.2, 0) is 4.74 Å². The average Bonchev–Trinajstić information content (AvgIpc) is 2.20. The predicted molar refractivity (Wildman–Crippen MR) is 58.1 cm³/mol. The fraction of sp³-hybridized carbons (Fsp3) is 1.00. The molecule has 0 saturated carbocycles. The molecule has 1 heterocycles. The predicted octanol–water partition coefficient (Wildman–Crippen LogP) is 2.58. The third kappa shape index (κ3) is 8.26. The summed E-state index contributed by atoms with van der Waals surface area (Å²) >= 11 is 0. The maximum atomic E-state index is 5.46. The highest BCUT2D eigenvalue weighted by atomic mass is 16.5. The van der Waals surface area contributed by atoms with Crippen LogP contribution in [0.5, 0.6) is 0 Å². The molecule has 0 spiro atoms. The topological polar surface area (TPSA) is 21.3 Å². The summed E-state index contributed by atoms with van der Waals surface area (Å²) < 4.78 is 5.46. The Bertz CT molecular complexity index is 85.3. The molecule has 2 nitrogen and oxygen atoms in total. The highest BCUT2D eigenvalue weighted by Gasteiger charge is 2.10. The van der Waals surface area contributed by atoms with Gasteiger partial charge in [-0.15, -0.1) is 0 Å². The van der Waals surface area contributed by atoms with Crippen molar-refractivity contribution in [1.29, 1.82) is 0 Å². The molecule has 0 aromatic heterocycles. The number of nitrogens with one attached hydrogen (secondary N) is 1. The molecule has 1 atom stereocenters. The summed E-state index contributed by atoms with van der Waals surface area (Å²) in [6, 6.07) is 0. The summed E-state index contributed by atoms with van der Waals surface area (Å²) in [6.45, 7) is 9.52. The van der Waals surface area contributed by atoms with Crippen molar-refractivity contribution in [3.63, 3.8) is 0 Å². The van der Waals surface area contributed by atoms with Gasteiger partial charge < -0.3 is 10.1 Å². The average molecular weight is 187 g/mol. The SMILES string of the molecule is CCCC.CCCC1CNCCO1. The molecule has 1 fully saturated rings. The molecule has 1 N–H and O–H groups in total. The second-order valence-electron chi connectivity index (χ2n) is 3.49. The molecule has 0 radical (unpaired) electrons. The molecular weight excluding hydrogens is 162 g/mol. The summed E-state index contributed by atoms with van der Waals surface area (Å²) in [7, 11) is 0. The molecule has 1 unspecified atom stereocenters. The fourth-order valence-corrected chi connectivity index (χ4v) is 1.13. The van der Waals surface area contributed by atoms with Crippen LogP contribution in [0.25, 0.3) is 0 Å². The van der Waals surface area contributed by atoms with Gasteiger partial charge in [0.1, 0.15) is 0 Å². The highest BCUT2D eigenvalue weighted by Crippen LogP contribution is 2.02. The summed E-state index contributed by atoms with van der Waals surface area (Å²) in [6.07, 6.45) is 5.56. The third-order valence-electron chi connectivity index (χ3n) is 2.12. The Morgan fingerprint density at radius 1 is 1.15 bits per heavy atom. The molecule has 0 bridgehead atoms. The van der Waals surface area contributed by atoms with Crippen LogP contribution in [-0.4, -0.2) is 25.8 Å². The number of rotatable bonds is 3. The minimum absolute atomic E-state index is 0.490. The van der Waals surface area contributed by atoms with Crippen molar-refractivity contribution in [2.45, 2.75) is 52.6 Å². The zero-order chi connectivity index (χ0) is 9.94. The first-order valence-electron chi connectivity index (χ1n) is 5.67. The van der Waals surface area contributed by atoms with Crippen molar-refractivity contribution < 1.29 is 4.74 Å². The lowest BCUT2D eigenvalue weighted by atomic mass is 10.2. The largest absolute Gasteiger partial charge is 0.376 e. The van der Waals surface area contributed by atoms with E-state index in [4.69, 9.17) is 4.74 Å². The molecule has 1 rings (SSSR count). The van der Waals surface area contributed by atoms with Gasteiger partial charge in [-0.25, -0.2) is 0 Å². The van der Waals surface area contributed by atoms with E-state index in [0.29, 0.717) is 6.10 Å². The zero-order valence-electron chi connectivity index (χ0n) is 9.44. The first kappa shape index (κ1) is 12.9. The van der Waals surface area contributed by atoms with Gasteiger partial charge in [-0.05, 0) is 6.42 Å².